The van der Waals surface area contributed by atoms with Crippen molar-refractivity contribution >= 4 is 30.6 Å². The van der Waals surface area contributed by atoms with Crippen molar-refractivity contribution < 1.29 is 24.4 Å². The number of imide groups is 1. The first-order valence-corrected chi connectivity index (χ1v) is 13.5. The first kappa shape index (κ1) is 26.4. The molecule has 2 aliphatic heterocycles. The number of aromatic hydroxyl groups is 1. The molecule has 7 nitrogen and oxygen atoms in total. The van der Waals surface area contributed by atoms with Gasteiger partial charge < -0.3 is 14.8 Å². The lowest BCUT2D eigenvalue weighted by molar-refractivity contribution is -0.138. The minimum absolute atomic E-state index is 0.109. The number of amides is 2. The van der Waals surface area contributed by atoms with Crippen molar-refractivity contribution in [1.29, 1.82) is 0 Å². The Morgan fingerprint density at radius 3 is 2.58 bits per heavy atom. The normalized spacial score (nSPS) is 25.7. The van der Waals surface area contributed by atoms with E-state index in [1.54, 1.807) is 13.2 Å². The van der Waals surface area contributed by atoms with Crippen LogP contribution in [0.25, 0.3) is 11.6 Å². The molecule has 5 rings (SSSR count). The summed E-state index contributed by atoms with van der Waals surface area (Å²) in [5, 5.41) is 20.9. The number of rotatable bonds is 6. The fourth-order valence-corrected chi connectivity index (χ4v) is 6.65. The molecule has 3 heterocycles. The van der Waals surface area contributed by atoms with Crippen molar-refractivity contribution in [3.63, 3.8) is 0 Å². The number of phenolic OH excluding ortho intramolecular Hbond substituents is 1. The Bertz CT molecular complexity index is 1300. The van der Waals surface area contributed by atoms with E-state index in [1.165, 1.54) is 10.5 Å². The molecule has 0 spiro atoms. The molecule has 2 saturated heterocycles. The Balaban J connectivity index is 1.48. The van der Waals surface area contributed by atoms with Crippen molar-refractivity contribution in [2.24, 2.45) is 17.8 Å². The topological polar surface area (TPSA) is 100.0 Å². The van der Waals surface area contributed by atoms with Gasteiger partial charge in [-0.25, -0.2) is 0 Å². The van der Waals surface area contributed by atoms with Gasteiger partial charge in [0.1, 0.15) is 5.75 Å². The predicted octanol–water partition coefficient (Wildman–Crippen LogP) is 4.56. The van der Waals surface area contributed by atoms with Crippen molar-refractivity contribution in [3.8, 4) is 5.75 Å². The highest BCUT2D eigenvalue weighted by Gasteiger charge is 2.56. The number of aromatic nitrogens is 1. The summed E-state index contributed by atoms with van der Waals surface area (Å²) in [4.78, 5) is 31.8. The highest BCUT2D eigenvalue weighted by molar-refractivity contribution is 6.43. The third-order valence-corrected chi connectivity index (χ3v) is 8.48. The molecule has 1 aromatic carbocycles. The molecule has 4 atom stereocenters. The third kappa shape index (κ3) is 4.72. The Hall–Kier alpha value is -3.23. The molecular formula is C30H35BN2O5. The second-order valence-electron chi connectivity index (χ2n) is 10.8. The Morgan fingerprint density at radius 1 is 1.18 bits per heavy atom. The van der Waals surface area contributed by atoms with E-state index >= 15 is 0 Å². The van der Waals surface area contributed by atoms with Gasteiger partial charge >= 0.3 is 7.12 Å². The van der Waals surface area contributed by atoms with Crippen molar-refractivity contribution in [2.75, 3.05) is 7.05 Å². The molecule has 1 aliphatic carbocycles. The van der Waals surface area contributed by atoms with Crippen LogP contribution in [0.2, 0.25) is 6.32 Å². The first-order valence-electron chi connectivity index (χ1n) is 13.5. The minimum atomic E-state index is -0.982. The van der Waals surface area contributed by atoms with E-state index in [0.717, 1.165) is 40.0 Å². The SMILES string of the molecule is CCC1=C2[C@@H](CC/C(=C/c3cc(C)c(O)c(C)c3)c3ccccn3)OB(O)C[C@@H]2[C@@H]2C(=O)N(C)C(=O)[C@@H]2C1. The molecule has 2 fully saturated rings. The average Bonchev–Trinajstić information content (AvgIpc) is 3.12. The van der Waals surface area contributed by atoms with Crippen molar-refractivity contribution in [3.05, 3.63) is 70.1 Å². The largest absolute Gasteiger partial charge is 0.507 e. The molecule has 2 amide bonds. The van der Waals surface area contributed by atoms with E-state index in [1.807, 2.05) is 44.2 Å². The van der Waals surface area contributed by atoms with Crippen molar-refractivity contribution in [2.45, 2.75) is 58.9 Å². The van der Waals surface area contributed by atoms with Gasteiger partial charge in [-0.15, -0.1) is 0 Å². The fraction of sp³-hybridized carbons (Fsp3) is 0.433. The van der Waals surface area contributed by atoms with Crippen LogP contribution in [0.15, 0.2) is 47.7 Å². The van der Waals surface area contributed by atoms with Gasteiger partial charge in [0.2, 0.25) is 11.8 Å². The second kappa shape index (κ2) is 10.5. The van der Waals surface area contributed by atoms with Gasteiger partial charge in [0, 0.05) is 13.2 Å². The number of phenols is 1. The number of aryl methyl sites for hydroxylation is 2. The van der Waals surface area contributed by atoms with E-state index in [9.17, 15) is 19.7 Å². The predicted molar refractivity (Wildman–Crippen MR) is 147 cm³/mol. The number of nitrogens with zero attached hydrogens (tertiary/aromatic N) is 2. The number of benzene rings is 1. The maximum absolute atomic E-state index is 13.1. The lowest BCUT2D eigenvalue weighted by Crippen LogP contribution is -2.46. The lowest BCUT2D eigenvalue weighted by Gasteiger charge is -2.43. The molecule has 0 unspecified atom stereocenters. The molecular weight excluding hydrogens is 479 g/mol. The molecule has 3 aliphatic rings. The third-order valence-electron chi connectivity index (χ3n) is 8.48. The van der Waals surface area contributed by atoms with E-state index < -0.39 is 13.0 Å². The summed E-state index contributed by atoms with van der Waals surface area (Å²) in [5.41, 5.74) is 6.77. The lowest BCUT2D eigenvalue weighted by atomic mass is 9.58. The highest BCUT2D eigenvalue weighted by Crippen LogP contribution is 2.51. The number of fused-ring (bicyclic) bond motifs is 3. The minimum Gasteiger partial charge on any atom is -0.507 e. The molecule has 0 saturated carbocycles. The summed E-state index contributed by atoms with van der Waals surface area (Å²) in [6, 6.07) is 9.74. The second-order valence-corrected chi connectivity index (χ2v) is 10.8. The van der Waals surface area contributed by atoms with Crippen LogP contribution in [0.3, 0.4) is 0 Å². The highest BCUT2D eigenvalue weighted by atomic mass is 16.5. The summed E-state index contributed by atoms with van der Waals surface area (Å²) >= 11 is 0. The van der Waals surface area contributed by atoms with Crippen LogP contribution >= 0.6 is 0 Å². The van der Waals surface area contributed by atoms with E-state index in [0.29, 0.717) is 31.3 Å². The maximum Gasteiger partial charge on any atom is 0.455 e. The number of likely N-dealkylation sites (tertiary alicyclic amines) is 1. The van der Waals surface area contributed by atoms with Crippen LogP contribution in [0.1, 0.15) is 55.0 Å². The number of carbonyl (C=O) groups excluding carboxylic acids is 2. The Kier molecular flexibility index (Phi) is 7.29. The average molecular weight is 514 g/mol. The Morgan fingerprint density at radius 2 is 1.92 bits per heavy atom. The smallest absolute Gasteiger partial charge is 0.455 e. The molecule has 8 heteroatoms. The molecule has 2 aromatic rings. The van der Waals surface area contributed by atoms with Gasteiger partial charge in [0.05, 0.1) is 23.6 Å². The molecule has 0 bridgehead atoms. The summed E-state index contributed by atoms with van der Waals surface area (Å²) in [6.07, 6.45) is 6.46. The zero-order chi connectivity index (χ0) is 27.1. The number of allylic oxidation sites excluding steroid dienone is 2. The van der Waals surface area contributed by atoms with Crippen LogP contribution in [0.4, 0.5) is 0 Å². The summed E-state index contributed by atoms with van der Waals surface area (Å²) in [5.74, 6) is -0.902. The molecule has 0 radical (unpaired) electrons. The maximum atomic E-state index is 13.1. The first-order chi connectivity index (χ1) is 18.2. The Labute approximate surface area is 224 Å². The van der Waals surface area contributed by atoms with E-state index in [-0.39, 0.29) is 29.8 Å². The van der Waals surface area contributed by atoms with E-state index in [2.05, 4.69) is 18.0 Å². The van der Waals surface area contributed by atoms with Crippen LogP contribution in [0, 0.1) is 31.6 Å². The summed E-state index contributed by atoms with van der Waals surface area (Å²) in [7, 11) is 0.585. The standard InChI is InChI=1S/C30H35BN2O5/c1-5-20-15-22-27(30(36)33(4)29(22)35)23-16-31(37)38-25(26(20)23)10-9-21(24-8-6-7-11-32-24)14-19-12-17(2)28(34)18(3)13-19/h6-8,11-14,22-23,25,27,34,37H,5,9-10,15-16H2,1-4H3/b21-14-/t22-,23+,25-,27-/m1/s1. The molecule has 38 heavy (non-hydrogen) atoms. The number of hydrogen-bond donors (Lipinski definition) is 2. The number of hydrogen-bond acceptors (Lipinski definition) is 6. The zero-order valence-corrected chi connectivity index (χ0v) is 22.5. The number of pyridine rings is 1. The number of carbonyl (C=O) groups is 2. The summed E-state index contributed by atoms with van der Waals surface area (Å²) in [6.45, 7) is 5.86. The molecule has 2 N–H and O–H groups in total. The van der Waals surface area contributed by atoms with Gasteiger partial charge in [-0.3, -0.25) is 19.5 Å². The van der Waals surface area contributed by atoms with Gasteiger partial charge in [-0.05, 0) is 110 Å². The zero-order valence-electron chi connectivity index (χ0n) is 22.5. The van der Waals surface area contributed by atoms with Gasteiger partial charge in [0.25, 0.3) is 0 Å². The fourth-order valence-electron chi connectivity index (χ4n) is 6.65. The van der Waals surface area contributed by atoms with Crippen LogP contribution in [0.5, 0.6) is 5.75 Å². The quantitative estimate of drug-likeness (QED) is 0.333. The van der Waals surface area contributed by atoms with Gasteiger partial charge in [-0.2, -0.15) is 0 Å². The van der Waals surface area contributed by atoms with Gasteiger partial charge in [-0.1, -0.05) is 18.6 Å². The van der Waals surface area contributed by atoms with Crippen LogP contribution in [-0.2, 0) is 14.2 Å². The summed E-state index contributed by atoms with van der Waals surface area (Å²) < 4.78 is 6.12. The molecule has 1 aromatic heterocycles. The monoisotopic (exact) mass is 514 g/mol. The van der Waals surface area contributed by atoms with Crippen LogP contribution in [-0.4, -0.2) is 52.1 Å². The van der Waals surface area contributed by atoms with Gasteiger partial charge in [0.15, 0.2) is 0 Å². The molecule has 198 valence electrons. The van der Waals surface area contributed by atoms with Crippen LogP contribution < -0.4 is 0 Å². The van der Waals surface area contributed by atoms with E-state index in [4.69, 9.17) is 4.65 Å². The van der Waals surface area contributed by atoms with Crippen molar-refractivity contribution in [1.82, 2.24) is 9.88 Å².